The van der Waals surface area contributed by atoms with Crippen LogP contribution < -0.4 is 0 Å². The number of fused-ring (bicyclic) bond motifs is 1. The van der Waals surface area contributed by atoms with E-state index < -0.39 is 11.7 Å². The van der Waals surface area contributed by atoms with E-state index in [1.54, 1.807) is 6.92 Å². The van der Waals surface area contributed by atoms with E-state index in [2.05, 4.69) is 4.98 Å². The molecule has 0 aromatic carbocycles. The first-order valence-corrected chi connectivity index (χ1v) is 4.59. The maximum absolute atomic E-state index is 12.6. The Morgan fingerprint density at radius 2 is 2.12 bits per heavy atom. The summed E-state index contributed by atoms with van der Waals surface area (Å²) in [5, 5.41) is 9.06. The van der Waals surface area contributed by atoms with Gasteiger partial charge in [0.1, 0.15) is 5.65 Å². The normalized spacial score (nSPS) is 12.3. The number of hydrogen-bond acceptors (Lipinski definition) is 2. The topological polar surface area (TPSA) is 37.5 Å². The van der Waals surface area contributed by atoms with E-state index in [0.29, 0.717) is 11.4 Å². The van der Waals surface area contributed by atoms with Gasteiger partial charge in [-0.25, -0.2) is 4.98 Å². The van der Waals surface area contributed by atoms with Crippen LogP contribution in [-0.2, 0) is 12.8 Å². The molecule has 0 saturated heterocycles. The van der Waals surface area contributed by atoms with Gasteiger partial charge < -0.3 is 9.51 Å². The predicted molar refractivity (Wildman–Crippen MR) is 50.9 cm³/mol. The number of alkyl halides is 3. The number of rotatable bonds is 1. The second kappa shape index (κ2) is 3.48. The Morgan fingerprint density at radius 1 is 1.44 bits per heavy atom. The van der Waals surface area contributed by atoms with Crippen LogP contribution in [0.1, 0.15) is 17.0 Å². The van der Waals surface area contributed by atoms with Crippen LogP contribution in [0.3, 0.4) is 0 Å². The molecule has 2 rings (SSSR count). The van der Waals surface area contributed by atoms with Crippen LogP contribution in [0.25, 0.3) is 5.65 Å². The van der Waals surface area contributed by atoms with E-state index in [1.165, 1.54) is 16.7 Å². The van der Waals surface area contributed by atoms with Gasteiger partial charge >= 0.3 is 6.18 Å². The van der Waals surface area contributed by atoms with Gasteiger partial charge in [0.2, 0.25) is 0 Å². The summed E-state index contributed by atoms with van der Waals surface area (Å²) >= 11 is 0. The highest BCUT2D eigenvalue weighted by Gasteiger charge is 2.34. The lowest BCUT2D eigenvalue weighted by Gasteiger charge is -2.07. The van der Waals surface area contributed by atoms with Gasteiger partial charge in [-0.05, 0) is 19.1 Å². The smallest absolute Gasteiger partial charge is 0.390 e. The minimum absolute atomic E-state index is 0.170. The van der Waals surface area contributed by atoms with Crippen LogP contribution in [0.5, 0.6) is 0 Å². The lowest BCUT2D eigenvalue weighted by molar-refractivity contribution is -0.136. The quantitative estimate of drug-likeness (QED) is 0.815. The maximum atomic E-state index is 12.6. The molecule has 0 fully saturated rings. The van der Waals surface area contributed by atoms with Crippen molar-refractivity contribution in [1.82, 2.24) is 9.38 Å². The van der Waals surface area contributed by atoms with Gasteiger partial charge in [0.25, 0.3) is 0 Å². The molecule has 86 valence electrons. The Kier molecular flexibility index (Phi) is 2.38. The van der Waals surface area contributed by atoms with E-state index in [4.69, 9.17) is 5.11 Å². The van der Waals surface area contributed by atoms with E-state index in [0.717, 1.165) is 6.07 Å². The highest BCUT2D eigenvalue weighted by Crippen LogP contribution is 2.32. The van der Waals surface area contributed by atoms with Crippen molar-refractivity contribution in [3.8, 4) is 0 Å². The molecule has 0 atom stereocenters. The Balaban J connectivity index is 2.80. The summed E-state index contributed by atoms with van der Waals surface area (Å²) in [6.45, 7) is 1.23. The molecule has 2 aromatic rings. The summed E-state index contributed by atoms with van der Waals surface area (Å²) in [6, 6.07) is 2.26. The third-order valence-corrected chi connectivity index (χ3v) is 2.40. The maximum Gasteiger partial charge on any atom is 0.419 e. The van der Waals surface area contributed by atoms with Crippen LogP contribution in [0.15, 0.2) is 18.3 Å². The largest absolute Gasteiger partial charge is 0.419 e. The number of aromatic nitrogens is 2. The molecule has 2 heterocycles. The summed E-state index contributed by atoms with van der Waals surface area (Å²) < 4.78 is 39.2. The predicted octanol–water partition coefficient (Wildman–Crippen LogP) is 2.15. The molecule has 0 spiro atoms. The molecule has 1 N–H and O–H groups in total. The standard InChI is InChI=1S/C10H9F3N2O/c1-6-8(5-16)15-4-2-3-7(9(15)14-6)10(11,12)13/h2-4,16H,5H2,1H3. The average molecular weight is 230 g/mol. The molecule has 0 aliphatic heterocycles. The lowest BCUT2D eigenvalue weighted by Crippen LogP contribution is -2.08. The Hall–Kier alpha value is -1.56. The molecular formula is C10H9F3N2O. The number of hydrogen-bond donors (Lipinski definition) is 1. The average Bonchev–Trinajstić information content (AvgIpc) is 2.50. The fourth-order valence-electron chi connectivity index (χ4n) is 1.64. The molecule has 0 saturated carbocycles. The first-order valence-electron chi connectivity index (χ1n) is 4.59. The minimum atomic E-state index is -4.44. The summed E-state index contributed by atoms with van der Waals surface area (Å²) in [7, 11) is 0. The highest BCUT2D eigenvalue weighted by molar-refractivity contribution is 5.52. The Labute approximate surface area is 89.2 Å². The van der Waals surface area contributed by atoms with Crippen molar-refractivity contribution in [2.45, 2.75) is 19.7 Å². The summed E-state index contributed by atoms with van der Waals surface area (Å²) in [5.74, 6) is 0. The van der Waals surface area contributed by atoms with Crippen molar-refractivity contribution in [3.05, 3.63) is 35.3 Å². The second-order valence-corrected chi connectivity index (χ2v) is 3.42. The van der Waals surface area contributed by atoms with Crippen LogP contribution in [-0.4, -0.2) is 14.5 Å². The molecular weight excluding hydrogens is 221 g/mol. The number of nitrogens with zero attached hydrogens (tertiary/aromatic N) is 2. The zero-order chi connectivity index (χ0) is 11.9. The third-order valence-electron chi connectivity index (χ3n) is 2.40. The number of imidazole rings is 1. The highest BCUT2D eigenvalue weighted by atomic mass is 19.4. The van der Waals surface area contributed by atoms with Crippen molar-refractivity contribution < 1.29 is 18.3 Å². The molecule has 0 amide bonds. The second-order valence-electron chi connectivity index (χ2n) is 3.42. The first-order chi connectivity index (χ1) is 7.45. The number of halogens is 3. The van der Waals surface area contributed by atoms with Gasteiger partial charge in [0.05, 0.1) is 23.6 Å². The van der Waals surface area contributed by atoms with E-state index in [9.17, 15) is 13.2 Å². The van der Waals surface area contributed by atoms with Crippen molar-refractivity contribution in [2.75, 3.05) is 0 Å². The van der Waals surface area contributed by atoms with Gasteiger partial charge in [-0.2, -0.15) is 13.2 Å². The van der Waals surface area contributed by atoms with Crippen molar-refractivity contribution >= 4 is 5.65 Å². The monoisotopic (exact) mass is 230 g/mol. The lowest BCUT2D eigenvalue weighted by atomic mass is 10.2. The Morgan fingerprint density at radius 3 is 2.69 bits per heavy atom. The fraction of sp³-hybridized carbons (Fsp3) is 0.300. The zero-order valence-electron chi connectivity index (χ0n) is 8.41. The van der Waals surface area contributed by atoms with Gasteiger partial charge in [0, 0.05) is 6.20 Å². The molecule has 0 bridgehead atoms. The SMILES string of the molecule is Cc1nc2c(C(F)(F)F)cccn2c1CO. The summed E-state index contributed by atoms with van der Waals surface area (Å²) in [5.41, 5.74) is -0.186. The fourth-order valence-corrected chi connectivity index (χ4v) is 1.64. The van der Waals surface area contributed by atoms with Gasteiger partial charge in [-0.3, -0.25) is 0 Å². The number of aryl methyl sites for hydroxylation is 1. The zero-order valence-corrected chi connectivity index (χ0v) is 8.41. The summed E-state index contributed by atoms with van der Waals surface area (Å²) in [4.78, 5) is 3.83. The van der Waals surface area contributed by atoms with Gasteiger partial charge in [-0.15, -0.1) is 0 Å². The molecule has 0 aliphatic carbocycles. The number of pyridine rings is 1. The van der Waals surface area contributed by atoms with Crippen LogP contribution >= 0.6 is 0 Å². The third kappa shape index (κ3) is 1.55. The first kappa shape index (κ1) is 10.9. The van der Waals surface area contributed by atoms with Crippen LogP contribution in [0.4, 0.5) is 13.2 Å². The molecule has 16 heavy (non-hydrogen) atoms. The number of aliphatic hydroxyl groups excluding tert-OH is 1. The van der Waals surface area contributed by atoms with Crippen molar-refractivity contribution in [2.24, 2.45) is 0 Å². The van der Waals surface area contributed by atoms with E-state index in [-0.39, 0.29) is 12.3 Å². The molecule has 0 radical (unpaired) electrons. The molecule has 2 aromatic heterocycles. The van der Waals surface area contributed by atoms with Crippen molar-refractivity contribution in [1.29, 1.82) is 0 Å². The minimum Gasteiger partial charge on any atom is -0.390 e. The molecule has 0 aliphatic rings. The van der Waals surface area contributed by atoms with Crippen LogP contribution in [0, 0.1) is 6.92 Å². The van der Waals surface area contributed by atoms with Gasteiger partial charge in [0.15, 0.2) is 0 Å². The summed E-state index contributed by atoms with van der Waals surface area (Å²) in [6.07, 6.45) is -2.98. The molecule has 0 unspecified atom stereocenters. The van der Waals surface area contributed by atoms with Gasteiger partial charge in [-0.1, -0.05) is 0 Å². The number of aliphatic hydroxyl groups is 1. The van der Waals surface area contributed by atoms with E-state index in [1.807, 2.05) is 0 Å². The Bertz CT molecular complexity index is 531. The molecule has 6 heteroatoms. The van der Waals surface area contributed by atoms with E-state index >= 15 is 0 Å². The molecule has 3 nitrogen and oxygen atoms in total. The van der Waals surface area contributed by atoms with Crippen LogP contribution in [0.2, 0.25) is 0 Å². The van der Waals surface area contributed by atoms with Crippen molar-refractivity contribution in [3.63, 3.8) is 0 Å².